The Morgan fingerprint density at radius 2 is 1.97 bits per heavy atom. The van der Waals surface area contributed by atoms with Crippen LogP contribution in [0.15, 0.2) is 61.3 Å². The van der Waals surface area contributed by atoms with E-state index in [0.717, 1.165) is 32.0 Å². The highest BCUT2D eigenvalue weighted by Crippen LogP contribution is 2.17. The summed E-state index contributed by atoms with van der Waals surface area (Å²) in [5, 5.41) is 12.9. The second kappa shape index (κ2) is 10.7. The fraction of sp³-hybridized carbons (Fsp3) is 0.364. The van der Waals surface area contributed by atoms with Gasteiger partial charge in [0.1, 0.15) is 5.82 Å². The van der Waals surface area contributed by atoms with E-state index in [9.17, 15) is 9.90 Å². The molecule has 1 saturated heterocycles. The molecule has 1 fully saturated rings. The lowest BCUT2D eigenvalue weighted by Crippen LogP contribution is -2.49. The number of carbonyl (C=O) groups is 1. The molecule has 2 N–H and O–H groups in total. The topological polar surface area (TPSA) is 77.9 Å². The molecule has 3 rings (SSSR count). The maximum absolute atomic E-state index is 12.2. The summed E-state index contributed by atoms with van der Waals surface area (Å²) in [5.74, 6) is 0.738. The maximum Gasteiger partial charge on any atom is 0.255 e. The van der Waals surface area contributed by atoms with Crippen molar-refractivity contribution in [1.82, 2.24) is 9.88 Å². The van der Waals surface area contributed by atoms with E-state index < -0.39 is 6.10 Å². The normalized spacial score (nSPS) is 15.7. The molecule has 0 spiro atoms. The van der Waals surface area contributed by atoms with Crippen molar-refractivity contribution >= 4 is 17.4 Å². The number of aliphatic hydroxyl groups is 1. The zero-order valence-electron chi connectivity index (χ0n) is 16.5. The van der Waals surface area contributed by atoms with Crippen LogP contribution < -0.4 is 10.2 Å². The quantitative estimate of drug-likeness (QED) is 0.499. The Kier molecular flexibility index (Phi) is 7.75. The van der Waals surface area contributed by atoms with Crippen molar-refractivity contribution in [1.29, 1.82) is 0 Å². The fourth-order valence-electron chi connectivity index (χ4n) is 3.24. The predicted molar refractivity (Wildman–Crippen MR) is 114 cm³/mol. The number of hydrogen-bond acceptors (Lipinski definition) is 6. The van der Waals surface area contributed by atoms with E-state index in [1.54, 1.807) is 24.4 Å². The third-order valence-corrected chi connectivity index (χ3v) is 4.75. The number of pyridine rings is 1. The largest absolute Gasteiger partial charge is 0.389 e. The van der Waals surface area contributed by atoms with Gasteiger partial charge >= 0.3 is 0 Å². The second-order valence-corrected chi connectivity index (χ2v) is 6.99. The van der Waals surface area contributed by atoms with Gasteiger partial charge < -0.3 is 20.1 Å². The lowest BCUT2D eigenvalue weighted by atomic mass is 10.2. The van der Waals surface area contributed by atoms with Crippen LogP contribution in [0.4, 0.5) is 11.5 Å². The Bertz CT molecular complexity index is 774. The SMILES string of the molecule is C=CCOC[C@@H](O)CN1CCN(c2ccc(NC(=O)c3ccccc3)cn2)CC1. The van der Waals surface area contributed by atoms with Crippen LogP contribution in [0.3, 0.4) is 0 Å². The first-order valence-electron chi connectivity index (χ1n) is 9.82. The molecule has 2 heterocycles. The molecule has 29 heavy (non-hydrogen) atoms. The number of carbonyl (C=O) groups excluding carboxylic acids is 1. The maximum atomic E-state index is 12.2. The molecule has 1 aliphatic rings. The number of ether oxygens (including phenoxy) is 1. The molecule has 1 aromatic heterocycles. The van der Waals surface area contributed by atoms with E-state index in [2.05, 4.69) is 26.7 Å². The summed E-state index contributed by atoms with van der Waals surface area (Å²) in [6.07, 6.45) is 2.87. The van der Waals surface area contributed by atoms with E-state index in [-0.39, 0.29) is 5.91 Å². The summed E-state index contributed by atoms with van der Waals surface area (Å²) < 4.78 is 5.30. The van der Waals surface area contributed by atoms with Crippen molar-refractivity contribution < 1.29 is 14.6 Å². The lowest BCUT2D eigenvalue weighted by Gasteiger charge is -2.36. The van der Waals surface area contributed by atoms with Crippen molar-refractivity contribution in [3.63, 3.8) is 0 Å². The Labute approximate surface area is 171 Å². The summed E-state index contributed by atoms with van der Waals surface area (Å²) in [6, 6.07) is 12.9. The molecule has 7 nitrogen and oxygen atoms in total. The van der Waals surface area contributed by atoms with Gasteiger partial charge in [-0.25, -0.2) is 4.98 Å². The smallest absolute Gasteiger partial charge is 0.255 e. The average molecular weight is 396 g/mol. The number of amides is 1. The fourth-order valence-corrected chi connectivity index (χ4v) is 3.24. The standard InChI is InChI=1S/C22H28N4O3/c1-2-14-29-17-20(27)16-25-10-12-26(13-11-25)21-9-8-19(15-23-21)24-22(28)18-6-4-3-5-7-18/h2-9,15,20,27H,1,10-14,16-17H2,(H,24,28)/t20-/m0/s1. The molecule has 154 valence electrons. The highest BCUT2D eigenvalue weighted by molar-refractivity contribution is 6.04. The molecule has 0 unspecified atom stereocenters. The second-order valence-electron chi connectivity index (χ2n) is 6.99. The van der Waals surface area contributed by atoms with Gasteiger partial charge in [0.2, 0.25) is 0 Å². The zero-order chi connectivity index (χ0) is 20.5. The van der Waals surface area contributed by atoms with E-state index in [4.69, 9.17) is 4.74 Å². The average Bonchev–Trinajstić information content (AvgIpc) is 2.76. The van der Waals surface area contributed by atoms with Crippen LogP contribution in [0.2, 0.25) is 0 Å². The van der Waals surface area contributed by atoms with Crippen LogP contribution in [0, 0.1) is 0 Å². The van der Waals surface area contributed by atoms with Crippen LogP contribution in [-0.2, 0) is 4.74 Å². The van der Waals surface area contributed by atoms with Crippen molar-refractivity contribution in [2.75, 3.05) is 56.2 Å². The van der Waals surface area contributed by atoms with E-state index in [1.165, 1.54) is 0 Å². The Balaban J connectivity index is 1.45. The lowest BCUT2D eigenvalue weighted by molar-refractivity contribution is 0.0252. The number of nitrogens with one attached hydrogen (secondary N) is 1. The number of piperazine rings is 1. The molecule has 7 heteroatoms. The van der Waals surface area contributed by atoms with E-state index in [0.29, 0.717) is 31.0 Å². The Hall–Kier alpha value is -2.74. The number of β-amino-alcohol motifs (C(OH)–C–C–N with tert-alkyl or cyclic N) is 1. The molecule has 0 radical (unpaired) electrons. The highest BCUT2D eigenvalue weighted by atomic mass is 16.5. The Morgan fingerprint density at radius 1 is 1.21 bits per heavy atom. The minimum Gasteiger partial charge on any atom is -0.389 e. The number of nitrogens with zero attached hydrogens (tertiary/aromatic N) is 3. The third kappa shape index (κ3) is 6.39. The van der Waals surface area contributed by atoms with E-state index >= 15 is 0 Å². The zero-order valence-corrected chi connectivity index (χ0v) is 16.5. The first-order chi connectivity index (χ1) is 14.2. The molecular formula is C22H28N4O3. The van der Waals surface area contributed by atoms with Gasteiger partial charge in [0.25, 0.3) is 5.91 Å². The first-order valence-corrected chi connectivity index (χ1v) is 9.82. The third-order valence-electron chi connectivity index (χ3n) is 4.75. The Morgan fingerprint density at radius 3 is 2.62 bits per heavy atom. The summed E-state index contributed by atoms with van der Waals surface area (Å²) in [7, 11) is 0. The summed E-state index contributed by atoms with van der Waals surface area (Å²) in [5.41, 5.74) is 1.29. The molecule has 0 aliphatic carbocycles. The molecule has 0 bridgehead atoms. The van der Waals surface area contributed by atoms with Gasteiger partial charge in [-0.05, 0) is 24.3 Å². The highest BCUT2D eigenvalue weighted by Gasteiger charge is 2.20. The minimum atomic E-state index is -0.493. The number of aliphatic hydroxyl groups excluding tert-OH is 1. The molecule has 1 aliphatic heterocycles. The van der Waals surface area contributed by atoms with Crippen LogP contribution in [0.25, 0.3) is 0 Å². The number of hydrogen-bond donors (Lipinski definition) is 2. The molecule has 0 saturated carbocycles. The molecule has 1 atom stereocenters. The summed E-state index contributed by atoms with van der Waals surface area (Å²) >= 11 is 0. The van der Waals surface area contributed by atoms with E-state index in [1.807, 2.05) is 30.3 Å². The van der Waals surface area contributed by atoms with Gasteiger partial charge in [-0.3, -0.25) is 9.69 Å². The van der Waals surface area contributed by atoms with Crippen LogP contribution in [-0.4, -0.2) is 72.9 Å². The predicted octanol–water partition coefficient (Wildman–Crippen LogP) is 2.02. The van der Waals surface area contributed by atoms with Crippen LogP contribution in [0.5, 0.6) is 0 Å². The van der Waals surface area contributed by atoms with Crippen LogP contribution >= 0.6 is 0 Å². The summed E-state index contributed by atoms with van der Waals surface area (Å²) in [6.45, 7) is 8.35. The van der Waals surface area contributed by atoms with Gasteiger partial charge in [0.15, 0.2) is 0 Å². The number of benzene rings is 1. The summed E-state index contributed by atoms with van der Waals surface area (Å²) in [4.78, 5) is 21.2. The minimum absolute atomic E-state index is 0.149. The number of rotatable bonds is 9. The number of anilines is 2. The van der Waals surface area contributed by atoms with Crippen LogP contribution in [0.1, 0.15) is 10.4 Å². The van der Waals surface area contributed by atoms with Gasteiger partial charge in [0, 0.05) is 38.3 Å². The number of aromatic nitrogens is 1. The molecule has 1 amide bonds. The monoisotopic (exact) mass is 396 g/mol. The van der Waals surface area contributed by atoms with Gasteiger partial charge in [0.05, 0.1) is 31.2 Å². The van der Waals surface area contributed by atoms with Gasteiger partial charge in [-0.1, -0.05) is 24.3 Å². The van der Waals surface area contributed by atoms with Crippen molar-refractivity contribution in [3.8, 4) is 0 Å². The molecule has 1 aromatic carbocycles. The van der Waals surface area contributed by atoms with Crippen molar-refractivity contribution in [2.45, 2.75) is 6.10 Å². The van der Waals surface area contributed by atoms with Crippen molar-refractivity contribution in [3.05, 3.63) is 66.9 Å². The first kappa shape index (κ1) is 21.0. The van der Waals surface area contributed by atoms with Crippen molar-refractivity contribution in [2.24, 2.45) is 0 Å². The van der Waals surface area contributed by atoms with Gasteiger partial charge in [-0.15, -0.1) is 6.58 Å². The molecular weight excluding hydrogens is 368 g/mol. The molecule has 2 aromatic rings. The van der Waals surface area contributed by atoms with Gasteiger partial charge in [-0.2, -0.15) is 0 Å².